The number of hydrogen-bond donors (Lipinski definition) is 1. The van der Waals surface area contributed by atoms with Crippen LogP contribution in [0.4, 0.5) is 5.13 Å². The van der Waals surface area contributed by atoms with E-state index in [1.54, 1.807) is 11.3 Å². The van der Waals surface area contributed by atoms with Gasteiger partial charge < -0.3 is 15.0 Å². The number of benzene rings is 2. The van der Waals surface area contributed by atoms with Crippen LogP contribution in [0.25, 0.3) is 10.2 Å². The zero-order chi connectivity index (χ0) is 20.2. The maximum Gasteiger partial charge on any atom is 0.225 e. The molecule has 6 heteroatoms. The van der Waals surface area contributed by atoms with E-state index in [1.807, 2.05) is 44.2 Å². The van der Waals surface area contributed by atoms with Crippen LogP contribution in [0.5, 0.6) is 5.75 Å². The number of nitrogens with one attached hydrogen (secondary N) is 1. The van der Waals surface area contributed by atoms with Gasteiger partial charge >= 0.3 is 0 Å². The van der Waals surface area contributed by atoms with Crippen molar-refractivity contribution in [2.45, 2.75) is 32.7 Å². The van der Waals surface area contributed by atoms with Gasteiger partial charge in [0, 0.05) is 13.1 Å². The second-order valence-corrected chi connectivity index (χ2v) is 8.49. The first kappa shape index (κ1) is 19.7. The Morgan fingerprint density at radius 2 is 2.14 bits per heavy atom. The van der Waals surface area contributed by atoms with Crippen LogP contribution < -0.4 is 15.0 Å². The molecule has 1 aromatic heterocycles. The maximum absolute atomic E-state index is 12.9. The summed E-state index contributed by atoms with van der Waals surface area (Å²) in [6.45, 7) is 6.33. The van der Waals surface area contributed by atoms with Gasteiger partial charge in [-0.25, -0.2) is 4.98 Å². The molecule has 1 aliphatic heterocycles. The van der Waals surface area contributed by atoms with Crippen molar-refractivity contribution in [1.29, 1.82) is 0 Å². The average molecular weight is 410 g/mol. The number of aromatic nitrogens is 1. The van der Waals surface area contributed by atoms with Crippen molar-refractivity contribution in [3.05, 3.63) is 54.1 Å². The van der Waals surface area contributed by atoms with Gasteiger partial charge in [-0.3, -0.25) is 4.79 Å². The highest BCUT2D eigenvalue weighted by Crippen LogP contribution is 2.33. The number of carbonyl (C=O) groups excluding carboxylic acids is 1. The van der Waals surface area contributed by atoms with Crippen molar-refractivity contribution in [3.8, 4) is 5.75 Å². The molecule has 4 rings (SSSR count). The van der Waals surface area contributed by atoms with Gasteiger partial charge in [0.2, 0.25) is 5.91 Å². The first-order chi connectivity index (χ1) is 14.1. The molecule has 0 bridgehead atoms. The number of piperidine rings is 1. The van der Waals surface area contributed by atoms with Gasteiger partial charge in [-0.1, -0.05) is 41.7 Å². The van der Waals surface area contributed by atoms with Gasteiger partial charge in [0.25, 0.3) is 0 Å². The van der Waals surface area contributed by atoms with E-state index in [2.05, 4.69) is 28.4 Å². The molecule has 1 saturated heterocycles. The lowest BCUT2D eigenvalue weighted by molar-refractivity contribution is -0.125. The van der Waals surface area contributed by atoms with Crippen LogP contribution in [0.1, 0.15) is 38.3 Å². The van der Waals surface area contributed by atoms with Crippen LogP contribution in [-0.2, 0) is 4.79 Å². The summed E-state index contributed by atoms with van der Waals surface area (Å²) in [5.74, 6) is 0.993. The van der Waals surface area contributed by atoms with Gasteiger partial charge in [0.15, 0.2) is 5.13 Å². The predicted octanol–water partition coefficient (Wildman–Crippen LogP) is 4.79. The Morgan fingerprint density at radius 1 is 1.31 bits per heavy atom. The quantitative estimate of drug-likeness (QED) is 0.636. The normalized spacial score (nSPS) is 17.9. The summed E-state index contributed by atoms with van der Waals surface area (Å²) in [6, 6.07) is 16.1. The van der Waals surface area contributed by atoms with Gasteiger partial charge in [0.05, 0.1) is 28.8 Å². The van der Waals surface area contributed by atoms with Crippen LogP contribution in [0.15, 0.2) is 48.5 Å². The van der Waals surface area contributed by atoms with E-state index >= 15 is 0 Å². The van der Waals surface area contributed by atoms with Crippen LogP contribution in [0.2, 0.25) is 0 Å². The summed E-state index contributed by atoms with van der Waals surface area (Å²) < 4.78 is 6.72. The summed E-state index contributed by atoms with van der Waals surface area (Å²) in [4.78, 5) is 19.9. The molecule has 2 heterocycles. The fraction of sp³-hybridized carbons (Fsp3) is 0.391. The highest BCUT2D eigenvalue weighted by Gasteiger charge is 2.28. The molecule has 1 fully saturated rings. The van der Waals surface area contributed by atoms with E-state index in [0.717, 1.165) is 46.0 Å². The standard InChI is InChI=1S/C23H27N3O2S/c1-3-28-19-11-12-20-21(14-19)29-23(25-20)26-13-7-10-18(15-26)22(27)24-16(2)17-8-5-4-6-9-17/h4-6,8-9,11-12,14,16,18H,3,7,10,13,15H2,1-2H3,(H,24,27)/t16-,18+/m0/s1. The zero-order valence-corrected chi connectivity index (χ0v) is 17.7. The predicted molar refractivity (Wildman–Crippen MR) is 119 cm³/mol. The summed E-state index contributed by atoms with van der Waals surface area (Å²) >= 11 is 1.67. The van der Waals surface area contributed by atoms with Crippen molar-refractivity contribution >= 4 is 32.6 Å². The van der Waals surface area contributed by atoms with Crippen LogP contribution in [-0.4, -0.2) is 30.6 Å². The third kappa shape index (κ3) is 4.53. The van der Waals surface area contributed by atoms with Crippen molar-refractivity contribution in [3.63, 3.8) is 0 Å². The summed E-state index contributed by atoms with van der Waals surface area (Å²) in [6.07, 6.45) is 1.92. The molecular weight excluding hydrogens is 382 g/mol. The van der Waals surface area contributed by atoms with Crippen LogP contribution >= 0.6 is 11.3 Å². The molecule has 0 unspecified atom stereocenters. The zero-order valence-electron chi connectivity index (χ0n) is 16.9. The van der Waals surface area contributed by atoms with Crippen LogP contribution in [0, 0.1) is 5.92 Å². The monoisotopic (exact) mass is 409 g/mol. The Morgan fingerprint density at radius 3 is 2.93 bits per heavy atom. The van der Waals surface area contributed by atoms with E-state index in [4.69, 9.17) is 9.72 Å². The number of nitrogens with zero attached hydrogens (tertiary/aromatic N) is 2. The lowest BCUT2D eigenvalue weighted by atomic mass is 9.96. The fourth-order valence-electron chi connectivity index (χ4n) is 3.81. The number of rotatable bonds is 6. The van der Waals surface area contributed by atoms with Gasteiger partial charge in [-0.15, -0.1) is 0 Å². The minimum atomic E-state index is -0.0130. The van der Waals surface area contributed by atoms with Gasteiger partial charge in [-0.05, 0) is 50.5 Å². The highest BCUT2D eigenvalue weighted by molar-refractivity contribution is 7.22. The molecule has 29 heavy (non-hydrogen) atoms. The second kappa shape index (κ2) is 8.82. The Balaban J connectivity index is 1.44. The van der Waals surface area contributed by atoms with Crippen molar-refractivity contribution in [2.75, 3.05) is 24.6 Å². The molecule has 2 atom stereocenters. The molecule has 3 aromatic rings. The lowest BCUT2D eigenvalue weighted by Gasteiger charge is -2.32. The first-order valence-corrected chi connectivity index (χ1v) is 11.1. The molecule has 0 radical (unpaired) electrons. The van der Waals surface area contributed by atoms with Crippen molar-refractivity contribution < 1.29 is 9.53 Å². The minimum absolute atomic E-state index is 0.0125. The molecule has 0 aliphatic carbocycles. The topological polar surface area (TPSA) is 54.5 Å². The number of amides is 1. The maximum atomic E-state index is 12.9. The highest BCUT2D eigenvalue weighted by atomic mass is 32.1. The molecule has 152 valence electrons. The van der Waals surface area contributed by atoms with E-state index < -0.39 is 0 Å². The molecule has 1 N–H and O–H groups in total. The largest absolute Gasteiger partial charge is 0.494 e. The SMILES string of the molecule is CCOc1ccc2nc(N3CCC[C@@H](C(=O)N[C@@H](C)c4ccccc4)C3)sc2c1. The van der Waals surface area contributed by atoms with E-state index in [0.29, 0.717) is 13.2 Å². The molecule has 0 spiro atoms. The molecule has 2 aromatic carbocycles. The minimum Gasteiger partial charge on any atom is -0.494 e. The molecular formula is C23H27N3O2S. The molecule has 1 amide bonds. The first-order valence-electron chi connectivity index (χ1n) is 10.3. The number of carbonyl (C=O) groups is 1. The van der Waals surface area contributed by atoms with Crippen molar-refractivity contribution in [2.24, 2.45) is 5.92 Å². The number of fused-ring (bicyclic) bond motifs is 1. The molecule has 0 saturated carbocycles. The number of thiazole rings is 1. The van der Waals surface area contributed by atoms with Gasteiger partial charge in [-0.2, -0.15) is 0 Å². The molecule has 5 nitrogen and oxygen atoms in total. The smallest absolute Gasteiger partial charge is 0.225 e. The second-order valence-electron chi connectivity index (χ2n) is 7.49. The Kier molecular flexibility index (Phi) is 6.00. The summed E-state index contributed by atoms with van der Waals surface area (Å²) in [7, 11) is 0. The molecule has 1 aliphatic rings. The summed E-state index contributed by atoms with van der Waals surface area (Å²) in [5.41, 5.74) is 2.11. The van der Waals surface area contributed by atoms with E-state index in [9.17, 15) is 4.79 Å². The number of hydrogen-bond acceptors (Lipinski definition) is 5. The Labute approximate surface area is 175 Å². The summed E-state index contributed by atoms with van der Waals surface area (Å²) in [5, 5.41) is 4.18. The van der Waals surface area contributed by atoms with Crippen molar-refractivity contribution in [1.82, 2.24) is 10.3 Å². The average Bonchev–Trinajstić information content (AvgIpc) is 3.18. The van der Waals surface area contributed by atoms with Gasteiger partial charge in [0.1, 0.15) is 5.75 Å². The number of anilines is 1. The number of ether oxygens (including phenoxy) is 1. The third-order valence-electron chi connectivity index (χ3n) is 5.38. The third-order valence-corrected chi connectivity index (χ3v) is 6.46. The van der Waals surface area contributed by atoms with E-state index in [-0.39, 0.29) is 17.9 Å². The Bertz CT molecular complexity index is 973. The lowest BCUT2D eigenvalue weighted by Crippen LogP contribution is -2.43. The van der Waals surface area contributed by atoms with E-state index in [1.165, 1.54) is 0 Å². The fourth-order valence-corrected chi connectivity index (χ4v) is 4.83. The van der Waals surface area contributed by atoms with Crippen LogP contribution in [0.3, 0.4) is 0 Å². The Hall–Kier alpha value is -2.60.